The molecule has 7 nitrogen and oxygen atoms in total. The van der Waals surface area contributed by atoms with Crippen molar-refractivity contribution in [2.24, 2.45) is 10.9 Å². The summed E-state index contributed by atoms with van der Waals surface area (Å²) >= 11 is 0. The lowest BCUT2D eigenvalue weighted by Crippen LogP contribution is -2.47. The lowest BCUT2D eigenvalue weighted by atomic mass is 9.86. The molecule has 0 bridgehead atoms. The van der Waals surface area contributed by atoms with Crippen molar-refractivity contribution in [3.8, 4) is 0 Å². The molecule has 0 atom stereocenters. The zero-order chi connectivity index (χ0) is 18.8. The van der Waals surface area contributed by atoms with Gasteiger partial charge in [0.1, 0.15) is 0 Å². The third-order valence-corrected chi connectivity index (χ3v) is 5.39. The largest absolute Gasteiger partial charge is 0.466 e. The van der Waals surface area contributed by atoms with Crippen molar-refractivity contribution in [2.45, 2.75) is 64.0 Å². The first-order valence-electron chi connectivity index (χ1n) is 9.97. The Labute approximate surface area is 180 Å². The maximum absolute atomic E-state index is 11.9. The highest BCUT2D eigenvalue weighted by molar-refractivity contribution is 14.0. The Morgan fingerprint density at radius 3 is 2.41 bits per heavy atom. The first kappa shape index (κ1) is 24.4. The number of carbonyl (C=O) groups excluding carboxylic acids is 1. The smallest absolute Gasteiger partial charge is 0.308 e. The summed E-state index contributed by atoms with van der Waals surface area (Å²) in [6.07, 6.45) is 5.40. The Kier molecular flexibility index (Phi) is 11.6. The van der Waals surface area contributed by atoms with Crippen molar-refractivity contribution in [1.29, 1.82) is 0 Å². The summed E-state index contributed by atoms with van der Waals surface area (Å²) in [6, 6.07) is 0.340. The van der Waals surface area contributed by atoms with Crippen molar-refractivity contribution in [3.05, 3.63) is 0 Å². The number of rotatable bonds is 7. The zero-order valence-corrected chi connectivity index (χ0v) is 19.3. The fourth-order valence-electron chi connectivity index (χ4n) is 3.64. The molecule has 0 aromatic carbocycles. The van der Waals surface area contributed by atoms with E-state index in [-0.39, 0.29) is 41.5 Å². The Hall–Kier alpha value is -0.610. The molecule has 0 unspecified atom stereocenters. The summed E-state index contributed by atoms with van der Waals surface area (Å²) in [5, 5.41) is 6.85. The summed E-state index contributed by atoms with van der Waals surface area (Å²) in [5.74, 6) is 0.828. The summed E-state index contributed by atoms with van der Waals surface area (Å²) in [4.78, 5) is 16.7. The molecule has 0 spiro atoms. The van der Waals surface area contributed by atoms with Gasteiger partial charge in [-0.1, -0.05) is 0 Å². The molecule has 1 saturated heterocycles. The molecule has 158 valence electrons. The van der Waals surface area contributed by atoms with Crippen LogP contribution in [-0.2, 0) is 19.0 Å². The third-order valence-electron chi connectivity index (χ3n) is 5.39. The van der Waals surface area contributed by atoms with E-state index in [0.29, 0.717) is 19.2 Å². The van der Waals surface area contributed by atoms with Crippen molar-refractivity contribution < 1.29 is 19.0 Å². The van der Waals surface area contributed by atoms with E-state index in [2.05, 4.69) is 17.6 Å². The summed E-state index contributed by atoms with van der Waals surface area (Å²) in [7, 11) is 1.76. The predicted molar refractivity (Wildman–Crippen MR) is 117 cm³/mol. The number of aliphatic imine (C=N–C) groups is 1. The highest BCUT2D eigenvalue weighted by Gasteiger charge is 2.33. The maximum atomic E-state index is 11.9. The number of ether oxygens (including phenoxy) is 3. The Morgan fingerprint density at radius 1 is 1.19 bits per heavy atom. The van der Waals surface area contributed by atoms with Crippen LogP contribution in [0.3, 0.4) is 0 Å². The van der Waals surface area contributed by atoms with E-state index < -0.39 is 0 Å². The van der Waals surface area contributed by atoms with Crippen molar-refractivity contribution >= 4 is 35.9 Å². The van der Waals surface area contributed by atoms with E-state index in [4.69, 9.17) is 19.2 Å². The number of esters is 1. The van der Waals surface area contributed by atoms with Gasteiger partial charge in [-0.25, -0.2) is 0 Å². The number of carbonyl (C=O) groups is 1. The standard InChI is InChI=1S/C19H35N3O4.HI/c1-4-20-18(21-14-19(24-3)10-12-25-13-11-19)22-16-8-6-15(7-9-16)17(23)26-5-2;/h15-16H,4-14H2,1-3H3,(H2,20,21,22);1H. The molecule has 2 N–H and O–H groups in total. The van der Waals surface area contributed by atoms with Gasteiger partial charge in [0.2, 0.25) is 0 Å². The van der Waals surface area contributed by atoms with Crippen LogP contribution in [0.25, 0.3) is 0 Å². The fraction of sp³-hybridized carbons (Fsp3) is 0.895. The number of halogens is 1. The van der Waals surface area contributed by atoms with Gasteiger partial charge in [0.25, 0.3) is 0 Å². The maximum Gasteiger partial charge on any atom is 0.308 e. The second kappa shape index (κ2) is 12.8. The normalized spacial score (nSPS) is 25.2. The van der Waals surface area contributed by atoms with Crippen LogP contribution in [0.15, 0.2) is 4.99 Å². The van der Waals surface area contributed by atoms with Crippen LogP contribution < -0.4 is 10.6 Å². The predicted octanol–water partition coefficient (Wildman–Crippen LogP) is 2.48. The molecule has 1 heterocycles. The SMILES string of the molecule is CCNC(=NCC1(OC)CCOCC1)NC1CCC(C(=O)OCC)CC1.I. The third kappa shape index (κ3) is 7.73. The minimum absolute atomic E-state index is 0. The Morgan fingerprint density at radius 2 is 1.85 bits per heavy atom. The number of nitrogens with one attached hydrogen (secondary N) is 2. The second-order valence-corrected chi connectivity index (χ2v) is 7.14. The molecular formula is C19H36IN3O4. The molecule has 0 aromatic rings. The van der Waals surface area contributed by atoms with Gasteiger partial charge in [-0.3, -0.25) is 9.79 Å². The molecule has 1 aliphatic heterocycles. The summed E-state index contributed by atoms with van der Waals surface area (Å²) in [5.41, 5.74) is -0.220. The molecule has 8 heteroatoms. The molecule has 2 fully saturated rings. The highest BCUT2D eigenvalue weighted by Crippen LogP contribution is 2.26. The monoisotopic (exact) mass is 497 g/mol. The number of hydrogen-bond donors (Lipinski definition) is 2. The summed E-state index contributed by atoms with van der Waals surface area (Å²) < 4.78 is 16.4. The van der Waals surface area contributed by atoms with E-state index in [0.717, 1.165) is 64.2 Å². The van der Waals surface area contributed by atoms with Gasteiger partial charge in [0, 0.05) is 45.8 Å². The van der Waals surface area contributed by atoms with Crippen LogP contribution in [0.4, 0.5) is 0 Å². The molecule has 2 rings (SSSR count). The van der Waals surface area contributed by atoms with Gasteiger partial charge in [0.15, 0.2) is 5.96 Å². The van der Waals surface area contributed by atoms with Gasteiger partial charge in [-0.2, -0.15) is 0 Å². The molecule has 1 aliphatic carbocycles. The van der Waals surface area contributed by atoms with Gasteiger partial charge in [-0.05, 0) is 39.5 Å². The average molecular weight is 497 g/mol. The van der Waals surface area contributed by atoms with Crippen LogP contribution in [0.1, 0.15) is 52.4 Å². The average Bonchev–Trinajstić information content (AvgIpc) is 2.68. The van der Waals surface area contributed by atoms with E-state index >= 15 is 0 Å². The molecule has 0 radical (unpaired) electrons. The lowest BCUT2D eigenvalue weighted by Gasteiger charge is -2.35. The van der Waals surface area contributed by atoms with Crippen LogP contribution in [-0.4, -0.2) is 63.6 Å². The molecule has 0 aromatic heterocycles. The molecule has 0 amide bonds. The van der Waals surface area contributed by atoms with Crippen LogP contribution in [0.5, 0.6) is 0 Å². The van der Waals surface area contributed by atoms with Crippen LogP contribution >= 0.6 is 24.0 Å². The molecule has 2 aliphatic rings. The van der Waals surface area contributed by atoms with Crippen molar-refractivity contribution in [2.75, 3.05) is 40.0 Å². The first-order chi connectivity index (χ1) is 12.6. The second-order valence-electron chi connectivity index (χ2n) is 7.14. The Bertz CT molecular complexity index is 462. The number of hydrogen-bond acceptors (Lipinski definition) is 5. The summed E-state index contributed by atoms with van der Waals surface area (Å²) in [6.45, 7) is 7.27. The van der Waals surface area contributed by atoms with E-state index in [9.17, 15) is 4.79 Å². The lowest BCUT2D eigenvalue weighted by molar-refractivity contribution is -0.149. The quantitative estimate of drug-likeness (QED) is 0.244. The van der Waals surface area contributed by atoms with Crippen molar-refractivity contribution in [3.63, 3.8) is 0 Å². The highest BCUT2D eigenvalue weighted by atomic mass is 127. The molecule has 1 saturated carbocycles. The topological polar surface area (TPSA) is 81.2 Å². The van der Waals surface area contributed by atoms with E-state index in [1.807, 2.05) is 6.92 Å². The molecular weight excluding hydrogens is 461 g/mol. The van der Waals surface area contributed by atoms with Gasteiger partial charge in [-0.15, -0.1) is 24.0 Å². The van der Waals surface area contributed by atoms with Gasteiger partial charge >= 0.3 is 5.97 Å². The minimum atomic E-state index is -0.220. The number of guanidine groups is 1. The Balaban J connectivity index is 0.00000364. The van der Waals surface area contributed by atoms with Crippen LogP contribution in [0, 0.1) is 5.92 Å². The van der Waals surface area contributed by atoms with E-state index in [1.54, 1.807) is 7.11 Å². The first-order valence-corrected chi connectivity index (χ1v) is 9.97. The number of methoxy groups -OCH3 is 1. The zero-order valence-electron chi connectivity index (χ0n) is 16.9. The molecule has 27 heavy (non-hydrogen) atoms. The van der Waals surface area contributed by atoms with Gasteiger partial charge in [0.05, 0.1) is 24.7 Å². The fourth-order valence-corrected chi connectivity index (χ4v) is 3.64. The minimum Gasteiger partial charge on any atom is -0.466 e. The van der Waals surface area contributed by atoms with Crippen LogP contribution in [0.2, 0.25) is 0 Å². The number of nitrogens with zero attached hydrogens (tertiary/aromatic N) is 1. The van der Waals surface area contributed by atoms with Gasteiger partial charge < -0.3 is 24.8 Å². The van der Waals surface area contributed by atoms with E-state index in [1.165, 1.54) is 0 Å². The van der Waals surface area contributed by atoms with Crippen molar-refractivity contribution in [1.82, 2.24) is 10.6 Å².